The van der Waals surface area contributed by atoms with Crippen molar-refractivity contribution in [2.45, 2.75) is 17.4 Å². The number of nitrogens with zero attached hydrogens (tertiary/aromatic N) is 2. The summed E-state index contributed by atoms with van der Waals surface area (Å²) in [7, 11) is 0. The van der Waals surface area contributed by atoms with E-state index in [0.29, 0.717) is 10.7 Å². The number of carbonyl (C=O) groups excluding carboxylic acids is 2. The van der Waals surface area contributed by atoms with Crippen molar-refractivity contribution >= 4 is 51.9 Å². The van der Waals surface area contributed by atoms with Gasteiger partial charge in [-0.2, -0.15) is 4.99 Å². The molecule has 2 amide bonds. The molecule has 8 heteroatoms. The zero-order valence-corrected chi connectivity index (χ0v) is 13.7. The Kier molecular flexibility index (Phi) is 3.92. The summed E-state index contributed by atoms with van der Waals surface area (Å²) in [6.45, 7) is 1.92. The van der Waals surface area contributed by atoms with Gasteiger partial charge in [0.15, 0.2) is 10.0 Å². The van der Waals surface area contributed by atoms with E-state index in [-0.39, 0.29) is 0 Å². The maximum Gasteiger partial charge on any atom is 0.298 e. The lowest BCUT2D eigenvalue weighted by Crippen LogP contribution is -2.64. The Balaban J connectivity index is 1.93. The minimum atomic E-state index is -1.61. The fraction of sp³-hybridized carbons (Fsp3) is 0.214. The van der Waals surface area contributed by atoms with Crippen LogP contribution in [0.4, 0.5) is 0 Å². The van der Waals surface area contributed by atoms with Crippen LogP contribution in [0.25, 0.3) is 0 Å². The molecule has 2 aliphatic heterocycles. The first-order valence-electron chi connectivity index (χ1n) is 6.38. The molecule has 0 spiro atoms. The maximum absolute atomic E-state index is 12.5. The van der Waals surface area contributed by atoms with Crippen molar-refractivity contribution in [3.05, 3.63) is 47.0 Å². The summed E-state index contributed by atoms with van der Waals surface area (Å²) in [5.41, 5.74) is -0.170. The highest BCUT2D eigenvalue weighted by Gasteiger charge is 2.57. The van der Waals surface area contributed by atoms with Crippen molar-refractivity contribution in [2.75, 3.05) is 0 Å². The fourth-order valence-corrected chi connectivity index (χ4v) is 3.48. The molecule has 1 atom stereocenters. The Morgan fingerprint density at radius 2 is 2.05 bits per heavy atom. The van der Waals surface area contributed by atoms with Crippen LogP contribution in [0.5, 0.6) is 0 Å². The molecule has 2 aliphatic rings. The molecule has 0 saturated heterocycles. The zero-order chi connectivity index (χ0) is 15.9. The van der Waals surface area contributed by atoms with Gasteiger partial charge in [-0.15, -0.1) is 0 Å². The van der Waals surface area contributed by atoms with Crippen LogP contribution in [0.15, 0.2) is 40.9 Å². The predicted octanol–water partition coefficient (Wildman–Crippen LogP) is 2.64. The zero-order valence-electron chi connectivity index (χ0n) is 11.4. The number of alkyl halides is 2. The Hall–Kier alpha value is -1.50. The van der Waals surface area contributed by atoms with Gasteiger partial charge in [-0.1, -0.05) is 52.7 Å². The summed E-state index contributed by atoms with van der Waals surface area (Å²) in [4.78, 5) is 29.0. The van der Waals surface area contributed by atoms with Gasteiger partial charge in [0, 0.05) is 11.8 Å². The minimum absolute atomic E-state index is 0.413. The molecular weight excluding hydrogens is 345 g/mol. The minimum Gasteiger partial charge on any atom is -0.319 e. The van der Waals surface area contributed by atoms with E-state index in [1.165, 1.54) is 16.7 Å². The van der Waals surface area contributed by atoms with Crippen LogP contribution in [0.3, 0.4) is 0 Å². The molecule has 0 unspecified atom stereocenters. The van der Waals surface area contributed by atoms with Gasteiger partial charge in [0.25, 0.3) is 11.8 Å². The van der Waals surface area contributed by atoms with Crippen molar-refractivity contribution in [1.29, 1.82) is 0 Å². The number of thioether (sulfide) groups is 1. The molecule has 3 rings (SSSR count). The van der Waals surface area contributed by atoms with E-state index in [2.05, 4.69) is 10.3 Å². The largest absolute Gasteiger partial charge is 0.319 e. The van der Waals surface area contributed by atoms with Crippen molar-refractivity contribution in [3.63, 3.8) is 0 Å². The maximum atomic E-state index is 12.5. The standard InChI is InChI=1S/C14H11Cl2N3O2S/c1-8-2-4-9(5-3-8)10(20)18-14(11(15)16)12(21)17-13-19(14)6-7-22-13/h2-7,11H,1H3,(H,18,20)/t14-/m1/s1. The summed E-state index contributed by atoms with van der Waals surface area (Å²) in [5.74, 6) is -1.03. The van der Waals surface area contributed by atoms with Crippen molar-refractivity contribution in [2.24, 2.45) is 4.99 Å². The first-order chi connectivity index (χ1) is 10.4. The molecule has 0 saturated carbocycles. The van der Waals surface area contributed by atoms with Crippen molar-refractivity contribution in [3.8, 4) is 0 Å². The van der Waals surface area contributed by atoms with Crippen LogP contribution in [0.1, 0.15) is 15.9 Å². The van der Waals surface area contributed by atoms with Crippen LogP contribution in [-0.2, 0) is 4.79 Å². The third kappa shape index (κ3) is 2.31. The summed E-state index contributed by atoms with van der Waals surface area (Å²) < 4.78 is 0. The molecule has 1 N–H and O–H groups in total. The van der Waals surface area contributed by atoms with Gasteiger partial charge in [-0.05, 0) is 24.5 Å². The average Bonchev–Trinajstić information content (AvgIpc) is 3.01. The predicted molar refractivity (Wildman–Crippen MR) is 87.9 cm³/mol. The highest BCUT2D eigenvalue weighted by Crippen LogP contribution is 2.38. The first-order valence-corrected chi connectivity index (χ1v) is 8.13. The smallest absolute Gasteiger partial charge is 0.298 e. The summed E-state index contributed by atoms with van der Waals surface area (Å²) in [6.07, 6.45) is 1.63. The molecule has 1 aromatic carbocycles. The summed E-state index contributed by atoms with van der Waals surface area (Å²) in [5, 5.41) is 4.83. The third-order valence-corrected chi connectivity index (χ3v) is 4.81. The Morgan fingerprint density at radius 3 is 2.68 bits per heavy atom. The molecule has 114 valence electrons. The van der Waals surface area contributed by atoms with Crippen molar-refractivity contribution in [1.82, 2.24) is 10.2 Å². The van der Waals surface area contributed by atoms with E-state index in [1.54, 1.807) is 23.7 Å². The van der Waals surface area contributed by atoms with Crippen LogP contribution in [-0.4, -0.2) is 32.4 Å². The topological polar surface area (TPSA) is 61.8 Å². The summed E-state index contributed by atoms with van der Waals surface area (Å²) in [6, 6.07) is 6.96. The molecule has 0 fully saturated rings. The molecule has 0 bridgehead atoms. The third-order valence-electron chi connectivity index (χ3n) is 3.43. The second-order valence-electron chi connectivity index (χ2n) is 4.86. The van der Waals surface area contributed by atoms with E-state index in [4.69, 9.17) is 23.2 Å². The second-order valence-corrected chi connectivity index (χ2v) is 6.83. The van der Waals surface area contributed by atoms with Gasteiger partial charge < -0.3 is 5.32 Å². The Bertz CT molecular complexity index is 703. The molecule has 0 aromatic heterocycles. The number of hydrogen-bond acceptors (Lipinski definition) is 4. The normalized spacial score (nSPS) is 23.0. The number of nitrogens with one attached hydrogen (secondary N) is 1. The van der Waals surface area contributed by atoms with Gasteiger partial charge in [0.2, 0.25) is 5.66 Å². The number of hydrogen-bond donors (Lipinski definition) is 1. The SMILES string of the molecule is Cc1ccc(C(=O)N[C@@]2(C(Cl)Cl)C(=O)N=C3SC=CN32)cc1. The average molecular weight is 356 g/mol. The number of fused-ring (bicyclic) bond motifs is 1. The first kappa shape index (κ1) is 15.4. The second kappa shape index (κ2) is 5.61. The highest BCUT2D eigenvalue weighted by molar-refractivity contribution is 8.16. The van der Waals surface area contributed by atoms with Gasteiger partial charge in [0.1, 0.15) is 0 Å². The molecular formula is C14H11Cl2N3O2S. The monoisotopic (exact) mass is 355 g/mol. The van der Waals surface area contributed by atoms with Crippen LogP contribution in [0.2, 0.25) is 0 Å². The van der Waals surface area contributed by atoms with Crippen molar-refractivity contribution < 1.29 is 9.59 Å². The summed E-state index contributed by atoms with van der Waals surface area (Å²) >= 11 is 13.3. The number of aryl methyl sites for hydroxylation is 1. The number of halogens is 2. The van der Waals surface area contributed by atoms with E-state index < -0.39 is 22.3 Å². The van der Waals surface area contributed by atoms with Gasteiger partial charge >= 0.3 is 0 Å². The van der Waals surface area contributed by atoms with Gasteiger partial charge in [-0.25, -0.2) is 0 Å². The van der Waals surface area contributed by atoms with Crippen LogP contribution < -0.4 is 5.32 Å². The molecule has 0 aliphatic carbocycles. The number of amides is 2. The number of aliphatic imine (C=N–C) groups is 1. The van der Waals surface area contributed by atoms with E-state index in [9.17, 15) is 9.59 Å². The molecule has 0 radical (unpaired) electrons. The number of benzene rings is 1. The lowest BCUT2D eigenvalue weighted by molar-refractivity contribution is -0.125. The number of rotatable bonds is 3. The van der Waals surface area contributed by atoms with E-state index >= 15 is 0 Å². The molecule has 1 aromatic rings. The highest BCUT2D eigenvalue weighted by atomic mass is 35.5. The van der Waals surface area contributed by atoms with Gasteiger partial charge in [0.05, 0.1) is 0 Å². The lowest BCUT2D eigenvalue weighted by Gasteiger charge is -2.35. The number of carbonyl (C=O) groups is 2. The fourth-order valence-electron chi connectivity index (χ4n) is 2.21. The quantitative estimate of drug-likeness (QED) is 0.846. The number of amidine groups is 1. The lowest BCUT2D eigenvalue weighted by atomic mass is 10.1. The van der Waals surface area contributed by atoms with Gasteiger partial charge in [-0.3, -0.25) is 14.5 Å². The van der Waals surface area contributed by atoms with Crippen LogP contribution >= 0.6 is 35.0 Å². The molecule has 2 heterocycles. The van der Waals surface area contributed by atoms with E-state index in [0.717, 1.165) is 5.56 Å². The van der Waals surface area contributed by atoms with Crippen LogP contribution in [0, 0.1) is 6.92 Å². The van der Waals surface area contributed by atoms with E-state index in [1.807, 2.05) is 19.1 Å². The Morgan fingerprint density at radius 1 is 1.36 bits per heavy atom. The molecule has 22 heavy (non-hydrogen) atoms. The Labute approximate surface area is 141 Å². The molecule has 5 nitrogen and oxygen atoms in total.